The van der Waals surface area contributed by atoms with Crippen LogP contribution in [0.4, 0.5) is 5.00 Å². The van der Waals surface area contributed by atoms with Crippen LogP contribution in [0, 0.1) is 0 Å². The highest BCUT2D eigenvalue weighted by molar-refractivity contribution is 9.10. The lowest BCUT2D eigenvalue weighted by Crippen LogP contribution is -2.31. The number of halogens is 1. The van der Waals surface area contributed by atoms with Crippen molar-refractivity contribution in [2.24, 2.45) is 0 Å². The third-order valence-electron chi connectivity index (χ3n) is 2.50. The Balaban J connectivity index is 1.94. The van der Waals surface area contributed by atoms with Crippen LogP contribution >= 0.6 is 27.3 Å². The highest BCUT2D eigenvalue weighted by Gasteiger charge is 2.30. The molecule has 1 saturated heterocycles. The van der Waals surface area contributed by atoms with E-state index in [1.54, 1.807) is 11.3 Å². The maximum atomic E-state index is 3.54. The molecule has 0 radical (unpaired) electrons. The molecule has 78 valence electrons. The number of anilines is 1. The molecule has 1 unspecified atom stereocenters. The summed E-state index contributed by atoms with van der Waals surface area (Å²) in [5.41, 5.74) is 0.284. The van der Waals surface area contributed by atoms with E-state index < -0.39 is 0 Å². The normalized spacial score (nSPS) is 25.2. The SMILES string of the molecule is CC1(C)CC(Nc2cc(Br)cs2)CN1. The molecule has 2 nitrogen and oxygen atoms in total. The van der Waals surface area contributed by atoms with Crippen LogP contribution < -0.4 is 10.6 Å². The van der Waals surface area contributed by atoms with Gasteiger partial charge in [0, 0.05) is 28.0 Å². The maximum absolute atomic E-state index is 3.54. The van der Waals surface area contributed by atoms with Crippen LogP contribution in [-0.4, -0.2) is 18.1 Å². The summed E-state index contributed by atoms with van der Waals surface area (Å²) in [7, 11) is 0. The minimum Gasteiger partial charge on any atom is -0.373 e. The van der Waals surface area contributed by atoms with Gasteiger partial charge in [0.05, 0.1) is 5.00 Å². The summed E-state index contributed by atoms with van der Waals surface area (Å²) in [6.07, 6.45) is 1.18. The minimum atomic E-state index is 0.284. The van der Waals surface area contributed by atoms with Crippen LogP contribution in [0.5, 0.6) is 0 Å². The lowest BCUT2D eigenvalue weighted by atomic mass is 10.0. The van der Waals surface area contributed by atoms with E-state index in [-0.39, 0.29) is 5.54 Å². The summed E-state index contributed by atoms with van der Waals surface area (Å²) in [6.45, 7) is 5.56. The van der Waals surface area contributed by atoms with Gasteiger partial charge in [-0.1, -0.05) is 0 Å². The number of hydrogen-bond acceptors (Lipinski definition) is 3. The van der Waals surface area contributed by atoms with Crippen molar-refractivity contribution in [3.05, 3.63) is 15.9 Å². The molecular formula is C10H15BrN2S. The molecule has 1 aromatic rings. The summed E-state index contributed by atoms with van der Waals surface area (Å²) < 4.78 is 1.16. The Labute approximate surface area is 97.2 Å². The predicted molar refractivity (Wildman–Crippen MR) is 66.1 cm³/mol. The standard InChI is InChI=1S/C10H15BrN2S/c1-10(2)4-8(5-12-10)13-9-3-7(11)6-14-9/h3,6,8,12-13H,4-5H2,1-2H3. The molecule has 0 bridgehead atoms. The maximum Gasteiger partial charge on any atom is 0.0896 e. The van der Waals surface area contributed by atoms with Gasteiger partial charge in [-0.2, -0.15) is 0 Å². The smallest absolute Gasteiger partial charge is 0.0896 e. The second kappa shape index (κ2) is 3.83. The topological polar surface area (TPSA) is 24.1 Å². The van der Waals surface area contributed by atoms with Crippen LogP contribution in [0.2, 0.25) is 0 Å². The second-order valence-electron chi connectivity index (χ2n) is 4.44. The molecule has 0 spiro atoms. The first kappa shape index (κ1) is 10.5. The molecule has 1 aliphatic heterocycles. The molecule has 0 aromatic carbocycles. The highest BCUT2D eigenvalue weighted by Crippen LogP contribution is 2.27. The Morgan fingerprint density at radius 3 is 2.93 bits per heavy atom. The van der Waals surface area contributed by atoms with Crippen molar-refractivity contribution in [1.82, 2.24) is 5.32 Å². The molecule has 0 amide bonds. The number of rotatable bonds is 2. The van der Waals surface area contributed by atoms with Gasteiger partial charge < -0.3 is 10.6 Å². The van der Waals surface area contributed by atoms with E-state index in [1.807, 2.05) is 0 Å². The number of thiophene rings is 1. The molecule has 1 fully saturated rings. The number of nitrogens with one attached hydrogen (secondary N) is 2. The van der Waals surface area contributed by atoms with E-state index in [4.69, 9.17) is 0 Å². The first-order valence-electron chi connectivity index (χ1n) is 4.81. The van der Waals surface area contributed by atoms with Gasteiger partial charge in [0.25, 0.3) is 0 Å². The van der Waals surface area contributed by atoms with Crippen LogP contribution in [0.15, 0.2) is 15.9 Å². The zero-order valence-corrected chi connectivity index (χ0v) is 10.8. The largest absolute Gasteiger partial charge is 0.373 e. The molecule has 2 rings (SSSR count). The Morgan fingerprint density at radius 2 is 2.43 bits per heavy atom. The fourth-order valence-electron chi connectivity index (χ4n) is 1.85. The molecule has 2 N–H and O–H groups in total. The quantitative estimate of drug-likeness (QED) is 0.866. The average molecular weight is 275 g/mol. The van der Waals surface area contributed by atoms with Gasteiger partial charge in [0.1, 0.15) is 0 Å². The van der Waals surface area contributed by atoms with Crippen LogP contribution in [0.1, 0.15) is 20.3 Å². The average Bonchev–Trinajstić information content (AvgIpc) is 2.59. The molecule has 1 atom stereocenters. The summed E-state index contributed by atoms with van der Waals surface area (Å²) in [6, 6.07) is 2.70. The van der Waals surface area contributed by atoms with E-state index in [0.717, 1.165) is 11.0 Å². The molecule has 4 heteroatoms. The summed E-state index contributed by atoms with van der Waals surface area (Å²) in [5, 5.41) is 10.4. The van der Waals surface area contributed by atoms with Crippen molar-refractivity contribution in [3.8, 4) is 0 Å². The summed E-state index contributed by atoms with van der Waals surface area (Å²) >= 11 is 5.21. The molecular weight excluding hydrogens is 260 g/mol. The van der Waals surface area contributed by atoms with Gasteiger partial charge >= 0.3 is 0 Å². The third kappa shape index (κ3) is 2.49. The monoisotopic (exact) mass is 274 g/mol. The van der Waals surface area contributed by atoms with Crippen molar-refractivity contribution in [3.63, 3.8) is 0 Å². The predicted octanol–water partition coefficient (Wildman–Crippen LogP) is 3.06. The van der Waals surface area contributed by atoms with Crippen molar-refractivity contribution >= 4 is 32.3 Å². The Bertz CT molecular complexity index is 322. The van der Waals surface area contributed by atoms with Crippen molar-refractivity contribution < 1.29 is 0 Å². The molecule has 14 heavy (non-hydrogen) atoms. The highest BCUT2D eigenvalue weighted by atomic mass is 79.9. The zero-order valence-electron chi connectivity index (χ0n) is 8.43. The first-order valence-corrected chi connectivity index (χ1v) is 6.48. The van der Waals surface area contributed by atoms with E-state index in [9.17, 15) is 0 Å². The first-order chi connectivity index (χ1) is 6.55. The van der Waals surface area contributed by atoms with Crippen molar-refractivity contribution in [2.45, 2.75) is 31.8 Å². The lowest BCUT2D eigenvalue weighted by molar-refractivity contribution is 0.457. The zero-order chi connectivity index (χ0) is 10.2. The summed E-state index contributed by atoms with van der Waals surface area (Å²) in [5.74, 6) is 0. The Kier molecular flexibility index (Phi) is 2.86. The van der Waals surface area contributed by atoms with Crippen LogP contribution in [0.3, 0.4) is 0 Å². The van der Waals surface area contributed by atoms with Crippen molar-refractivity contribution in [1.29, 1.82) is 0 Å². The Morgan fingerprint density at radius 1 is 1.64 bits per heavy atom. The molecule has 0 aliphatic carbocycles. The van der Waals surface area contributed by atoms with Gasteiger partial charge in [-0.3, -0.25) is 0 Å². The Hall–Kier alpha value is -0.0600. The number of hydrogen-bond donors (Lipinski definition) is 2. The molecule has 0 saturated carbocycles. The fourth-order valence-corrected chi connectivity index (χ4v) is 3.25. The molecule has 1 aliphatic rings. The fraction of sp³-hybridized carbons (Fsp3) is 0.600. The third-order valence-corrected chi connectivity index (χ3v) is 4.12. The van der Waals surface area contributed by atoms with Crippen molar-refractivity contribution in [2.75, 3.05) is 11.9 Å². The van der Waals surface area contributed by atoms with Crippen LogP contribution in [-0.2, 0) is 0 Å². The van der Waals surface area contributed by atoms with E-state index in [1.165, 1.54) is 11.4 Å². The van der Waals surface area contributed by atoms with Crippen LogP contribution in [0.25, 0.3) is 0 Å². The molecule has 1 aromatic heterocycles. The van der Waals surface area contributed by atoms with E-state index in [0.29, 0.717) is 6.04 Å². The lowest BCUT2D eigenvalue weighted by Gasteiger charge is -2.17. The molecule has 2 heterocycles. The van der Waals surface area contributed by atoms with Gasteiger partial charge in [0.15, 0.2) is 0 Å². The summed E-state index contributed by atoms with van der Waals surface area (Å²) in [4.78, 5) is 0. The van der Waals surface area contributed by atoms with E-state index in [2.05, 4.69) is 51.9 Å². The minimum absolute atomic E-state index is 0.284. The van der Waals surface area contributed by atoms with Gasteiger partial charge in [-0.25, -0.2) is 0 Å². The second-order valence-corrected chi connectivity index (χ2v) is 6.27. The van der Waals surface area contributed by atoms with Gasteiger partial charge in [-0.15, -0.1) is 11.3 Å². The van der Waals surface area contributed by atoms with E-state index >= 15 is 0 Å². The van der Waals surface area contributed by atoms with Gasteiger partial charge in [0.2, 0.25) is 0 Å². The van der Waals surface area contributed by atoms with Gasteiger partial charge in [-0.05, 0) is 42.3 Å².